The van der Waals surface area contributed by atoms with Crippen molar-refractivity contribution in [1.82, 2.24) is 19.9 Å². The van der Waals surface area contributed by atoms with Gasteiger partial charge in [0.05, 0.1) is 5.69 Å². The molecule has 1 amide bonds. The third kappa shape index (κ3) is 2.93. The number of H-pyrrole nitrogens is 1. The van der Waals surface area contributed by atoms with Crippen LogP contribution in [0.15, 0.2) is 35.0 Å². The Morgan fingerprint density at radius 3 is 2.72 bits per heavy atom. The summed E-state index contributed by atoms with van der Waals surface area (Å²) in [5, 5.41) is 5.01. The summed E-state index contributed by atoms with van der Waals surface area (Å²) in [4.78, 5) is 20.4. The van der Waals surface area contributed by atoms with Gasteiger partial charge in [-0.15, -0.1) is 0 Å². The van der Waals surface area contributed by atoms with Crippen molar-refractivity contribution in [2.24, 2.45) is 0 Å². The van der Waals surface area contributed by atoms with Crippen molar-refractivity contribution in [3.8, 4) is 0 Å². The second-order valence-corrected chi connectivity index (χ2v) is 6.62. The molecule has 1 aliphatic heterocycles. The molecule has 1 aliphatic rings. The number of amides is 1. The molecule has 1 aromatic carbocycles. The fraction of sp³-hybridized carbons (Fsp3) is 0.368. The van der Waals surface area contributed by atoms with Gasteiger partial charge in [-0.3, -0.25) is 9.69 Å². The monoisotopic (exact) mass is 338 g/mol. The summed E-state index contributed by atoms with van der Waals surface area (Å²) in [7, 11) is 0. The molecular formula is C19H22N4O2. The average Bonchev–Trinajstić information content (AvgIpc) is 3.23. The van der Waals surface area contributed by atoms with Crippen LogP contribution >= 0.6 is 0 Å². The van der Waals surface area contributed by atoms with Gasteiger partial charge in [0.15, 0.2) is 0 Å². The highest BCUT2D eigenvalue weighted by Crippen LogP contribution is 2.21. The summed E-state index contributed by atoms with van der Waals surface area (Å²) in [6.45, 7) is 7.95. The van der Waals surface area contributed by atoms with Crippen LogP contribution in [0.2, 0.25) is 0 Å². The van der Waals surface area contributed by atoms with Crippen LogP contribution in [0.4, 0.5) is 0 Å². The number of nitrogens with zero attached hydrogens (tertiary/aromatic N) is 3. The van der Waals surface area contributed by atoms with E-state index >= 15 is 0 Å². The van der Waals surface area contributed by atoms with E-state index in [9.17, 15) is 4.79 Å². The van der Waals surface area contributed by atoms with E-state index in [1.807, 2.05) is 49.2 Å². The Bertz CT molecular complexity index is 884. The first-order chi connectivity index (χ1) is 12.1. The lowest BCUT2D eigenvalue weighted by atomic mass is 10.1. The first-order valence-corrected chi connectivity index (χ1v) is 8.63. The van der Waals surface area contributed by atoms with Crippen LogP contribution in [0.1, 0.15) is 27.4 Å². The van der Waals surface area contributed by atoms with Crippen LogP contribution in [0.3, 0.4) is 0 Å². The maximum atomic E-state index is 12.9. The molecule has 0 unspecified atom stereocenters. The smallest absolute Gasteiger partial charge is 0.254 e. The number of piperazine rings is 1. The van der Waals surface area contributed by atoms with Gasteiger partial charge in [0.1, 0.15) is 5.76 Å². The van der Waals surface area contributed by atoms with E-state index in [1.165, 1.54) is 0 Å². The molecule has 1 N–H and O–H groups in total. The molecule has 0 saturated carbocycles. The lowest BCUT2D eigenvalue weighted by molar-refractivity contribution is 0.0629. The van der Waals surface area contributed by atoms with E-state index in [0.717, 1.165) is 66.2 Å². The van der Waals surface area contributed by atoms with Gasteiger partial charge in [0, 0.05) is 61.0 Å². The predicted octanol–water partition coefficient (Wildman–Crippen LogP) is 2.73. The van der Waals surface area contributed by atoms with E-state index in [4.69, 9.17) is 4.52 Å². The van der Waals surface area contributed by atoms with Crippen LogP contribution in [0, 0.1) is 13.8 Å². The summed E-state index contributed by atoms with van der Waals surface area (Å²) in [6.07, 6.45) is 1.88. The molecule has 0 radical (unpaired) electrons. The van der Waals surface area contributed by atoms with E-state index in [-0.39, 0.29) is 5.91 Å². The number of hydrogen-bond acceptors (Lipinski definition) is 4. The van der Waals surface area contributed by atoms with Crippen LogP contribution < -0.4 is 0 Å². The second kappa shape index (κ2) is 6.37. The van der Waals surface area contributed by atoms with E-state index < -0.39 is 0 Å². The minimum absolute atomic E-state index is 0.113. The first kappa shape index (κ1) is 15.9. The number of nitrogens with one attached hydrogen (secondary N) is 1. The van der Waals surface area contributed by atoms with Crippen molar-refractivity contribution < 1.29 is 9.32 Å². The lowest BCUT2D eigenvalue weighted by Crippen LogP contribution is -2.48. The van der Waals surface area contributed by atoms with Crippen LogP contribution in [0.5, 0.6) is 0 Å². The maximum absolute atomic E-state index is 12.9. The fourth-order valence-corrected chi connectivity index (χ4v) is 3.50. The van der Waals surface area contributed by atoms with Crippen molar-refractivity contribution in [3.05, 3.63) is 53.0 Å². The highest BCUT2D eigenvalue weighted by atomic mass is 16.5. The number of aromatic nitrogens is 2. The van der Waals surface area contributed by atoms with Crippen molar-refractivity contribution in [1.29, 1.82) is 0 Å². The molecule has 0 aliphatic carbocycles. The van der Waals surface area contributed by atoms with Gasteiger partial charge in [-0.25, -0.2) is 0 Å². The van der Waals surface area contributed by atoms with Gasteiger partial charge >= 0.3 is 0 Å². The molecule has 2 aromatic heterocycles. The van der Waals surface area contributed by atoms with Gasteiger partial charge in [0.2, 0.25) is 0 Å². The summed E-state index contributed by atoms with van der Waals surface area (Å²) in [6, 6.07) is 7.80. The summed E-state index contributed by atoms with van der Waals surface area (Å²) in [5.74, 6) is 0.998. The van der Waals surface area contributed by atoms with Gasteiger partial charge in [-0.05, 0) is 32.0 Å². The Morgan fingerprint density at radius 2 is 2.00 bits per heavy atom. The number of carbonyl (C=O) groups is 1. The van der Waals surface area contributed by atoms with Crippen LogP contribution in [-0.4, -0.2) is 52.0 Å². The number of fused-ring (bicyclic) bond motifs is 1. The van der Waals surface area contributed by atoms with Gasteiger partial charge in [-0.2, -0.15) is 0 Å². The minimum Gasteiger partial charge on any atom is -0.361 e. The molecular weight excluding hydrogens is 316 g/mol. The fourth-order valence-electron chi connectivity index (χ4n) is 3.50. The second-order valence-electron chi connectivity index (χ2n) is 6.62. The molecule has 1 fully saturated rings. The molecule has 0 spiro atoms. The van der Waals surface area contributed by atoms with E-state index in [0.29, 0.717) is 0 Å². The Kier molecular flexibility index (Phi) is 4.05. The number of rotatable bonds is 3. The topological polar surface area (TPSA) is 65.4 Å². The average molecular weight is 338 g/mol. The zero-order valence-corrected chi connectivity index (χ0v) is 14.6. The number of hydrogen-bond donors (Lipinski definition) is 1. The van der Waals surface area contributed by atoms with Crippen molar-refractivity contribution in [2.75, 3.05) is 26.2 Å². The zero-order valence-electron chi connectivity index (χ0n) is 14.6. The number of aryl methyl sites for hydroxylation is 2. The highest BCUT2D eigenvalue weighted by molar-refractivity contribution is 6.06. The van der Waals surface area contributed by atoms with Crippen LogP contribution in [0.25, 0.3) is 10.9 Å². The zero-order chi connectivity index (χ0) is 17.4. The number of benzene rings is 1. The normalized spacial score (nSPS) is 15.8. The number of aromatic amines is 1. The van der Waals surface area contributed by atoms with Gasteiger partial charge in [-0.1, -0.05) is 11.2 Å². The summed E-state index contributed by atoms with van der Waals surface area (Å²) in [5.41, 5.74) is 3.90. The van der Waals surface area contributed by atoms with Crippen molar-refractivity contribution in [2.45, 2.75) is 20.4 Å². The molecule has 0 atom stereocenters. The molecule has 6 heteroatoms. The van der Waals surface area contributed by atoms with Crippen molar-refractivity contribution in [3.63, 3.8) is 0 Å². The predicted molar refractivity (Wildman–Crippen MR) is 95.5 cm³/mol. The molecule has 0 bridgehead atoms. The maximum Gasteiger partial charge on any atom is 0.254 e. The Morgan fingerprint density at radius 1 is 1.20 bits per heavy atom. The quantitative estimate of drug-likeness (QED) is 0.797. The largest absolute Gasteiger partial charge is 0.361 e. The Balaban J connectivity index is 1.43. The van der Waals surface area contributed by atoms with Gasteiger partial charge in [0.25, 0.3) is 5.91 Å². The third-order valence-corrected chi connectivity index (χ3v) is 5.05. The summed E-state index contributed by atoms with van der Waals surface area (Å²) < 4.78 is 5.24. The molecule has 6 nitrogen and oxygen atoms in total. The molecule has 25 heavy (non-hydrogen) atoms. The molecule has 130 valence electrons. The summed E-state index contributed by atoms with van der Waals surface area (Å²) >= 11 is 0. The highest BCUT2D eigenvalue weighted by Gasteiger charge is 2.24. The minimum atomic E-state index is 0.113. The van der Waals surface area contributed by atoms with Crippen molar-refractivity contribution >= 4 is 16.8 Å². The van der Waals surface area contributed by atoms with Gasteiger partial charge < -0.3 is 14.4 Å². The van der Waals surface area contributed by atoms with Crippen LogP contribution in [-0.2, 0) is 6.54 Å². The Labute approximate surface area is 146 Å². The molecule has 4 rings (SSSR count). The van der Waals surface area contributed by atoms with E-state index in [2.05, 4.69) is 15.0 Å². The first-order valence-electron chi connectivity index (χ1n) is 8.63. The third-order valence-electron chi connectivity index (χ3n) is 5.05. The standard InChI is InChI=1S/C19H22N4O2/c1-13-17(14(2)25-21-13)12-22-8-10-23(11-9-22)19(24)16-4-3-5-18-15(16)6-7-20-18/h3-7,20H,8-12H2,1-2H3. The SMILES string of the molecule is Cc1noc(C)c1CN1CCN(C(=O)c2cccc3[nH]ccc23)CC1. The number of carbonyl (C=O) groups excluding carboxylic acids is 1. The molecule has 1 saturated heterocycles. The lowest BCUT2D eigenvalue weighted by Gasteiger charge is -2.34. The molecule has 3 heterocycles. The Hall–Kier alpha value is -2.60. The van der Waals surface area contributed by atoms with E-state index in [1.54, 1.807) is 0 Å². The molecule has 3 aromatic rings.